The van der Waals surface area contributed by atoms with Gasteiger partial charge in [0.25, 0.3) is 0 Å². The second-order valence-corrected chi connectivity index (χ2v) is 6.96. The Balaban J connectivity index is 1.84. The molecule has 132 valence electrons. The van der Waals surface area contributed by atoms with Crippen molar-refractivity contribution in [2.24, 2.45) is 11.7 Å². The number of halogens is 2. The van der Waals surface area contributed by atoms with Crippen LogP contribution in [0, 0.1) is 17.6 Å². The van der Waals surface area contributed by atoms with E-state index in [-0.39, 0.29) is 12.2 Å². The number of rotatable bonds is 3. The van der Waals surface area contributed by atoms with Crippen molar-refractivity contribution in [3.63, 3.8) is 0 Å². The van der Waals surface area contributed by atoms with Crippen LogP contribution < -0.4 is 10.5 Å². The van der Waals surface area contributed by atoms with Crippen LogP contribution in [0.2, 0.25) is 0 Å². The molecule has 2 aliphatic rings. The number of hydrogen-bond donors (Lipinski definition) is 1. The monoisotopic (exact) mass is 346 g/mol. The molecule has 3 heterocycles. The van der Waals surface area contributed by atoms with Crippen molar-refractivity contribution in [3.8, 4) is 17.0 Å². The summed E-state index contributed by atoms with van der Waals surface area (Å²) in [5.41, 5.74) is 8.23. The Morgan fingerprint density at radius 2 is 1.96 bits per heavy atom. The molecule has 0 amide bonds. The molecule has 2 aromatic rings. The van der Waals surface area contributed by atoms with E-state index >= 15 is 0 Å². The van der Waals surface area contributed by atoms with Gasteiger partial charge in [0.2, 0.25) is 5.88 Å². The van der Waals surface area contributed by atoms with Crippen LogP contribution >= 0.6 is 0 Å². The van der Waals surface area contributed by atoms with Crippen molar-refractivity contribution in [3.05, 3.63) is 47.2 Å². The summed E-state index contributed by atoms with van der Waals surface area (Å²) in [6, 6.07) is 5.38. The number of fused-ring (bicyclic) bond motifs is 1. The standard InChI is InChI=1S/C19H20F2N2O2/c1-9(2)16-6-5-12-13(11-4-3-10(20)7-14(11)21)8-15(17-18(22)25-17)23-19(12)24-16/h3-4,7-9,16-18H,5-6,22H2,1-2H3/t16-,17?,18?/m1/s1. The SMILES string of the molecule is CC(C)[C@H]1CCc2c(-c3ccc(F)cc3F)cc(C3OC3N)nc2O1. The summed E-state index contributed by atoms with van der Waals surface area (Å²) < 4.78 is 39.1. The first-order chi connectivity index (χ1) is 11.9. The van der Waals surface area contributed by atoms with Gasteiger partial charge in [0.15, 0.2) is 0 Å². The Morgan fingerprint density at radius 1 is 1.20 bits per heavy atom. The zero-order valence-electron chi connectivity index (χ0n) is 14.1. The Bertz CT molecular complexity index is 825. The molecule has 1 aromatic heterocycles. The number of benzene rings is 1. The summed E-state index contributed by atoms with van der Waals surface area (Å²) >= 11 is 0. The second-order valence-electron chi connectivity index (χ2n) is 6.96. The number of hydrogen-bond acceptors (Lipinski definition) is 4. The second kappa shape index (κ2) is 6.04. The summed E-state index contributed by atoms with van der Waals surface area (Å²) in [5, 5.41) is 0. The smallest absolute Gasteiger partial charge is 0.217 e. The van der Waals surface area contributed by atoms with Crippen LogP contribution in [0.25, 0.3) is 11.1 Å². The van der Waals surface area contributed by atoms with Gasteiger partial charge in [-0.3, -0.25) is 0 Å². The van der Waals surface area contributed by atoms with Crippen LogP contribution in [0.4, 0.5) is 8.78 Å². The lowest BCUT2D eigenvalue weighted by Crippen LogP contribution is -2.29. The van der Waals surface area contributed by atoms with Gasteiger partial charge < -0.3 is 15.2 Å². The van der Waals surface area contributed by atoms with Crippen molar-refractivity contribution < 1.29 is 18.3 Å². The quantitative estimate of drug-likeness (QED) is 0.860. The van der Waals surface area contributed by atoms with Gasteiger partial charge in [0.05, 0.1) is 5.69 Å². The molecule has 2 aliphatic heterocycles. The molecule has 6 heteroatoms. The maximum Gasteiger partial charge on any atom is 0.217 e. The molecular formula is C19H20F2N2O2. The molecule has 0 radical (unpaired) electrons. The Kier molecular flexibility index (Phi) is 3.96. The molecule has 1 saturated heterocycles. The molecule has 3 atom stereocenters. The fourth-order valence-electron chi connectivity index (χ4n) is 3.32. The first-order valence-corrected chi connectivity index (χ1v) is 8.51. The Hall–Kier alpha value is -2.05. The van der Waals surface area contributed by atoms with Gasteiger partial charge in [-0.1, -0.05) is 13.8 Å². The van der Waals surface area contributed by atoms with Gasteiger partial charge in [0, 0.05) is 17.2 Å². The third-order valence-electron chi connectivity index (χ3n) is 4.83. The molecular weight excluding hydrogens is 326 g/mol. The van der Waals surface area contributed by atoms with Crippen LogP contribution in [0.3, 0.4) is 0 Å². The molecule has 0 spiro atoms. The van der Waals surface area contributed by atoms with Crippen molar-refractivity contribution in [2.75, 3.05) is 0 Å². The van der Waals surface area contributed by atoms with E-state index in [4.69, 9.17) is 15.2 Å². The van der Waals surface area contributed by atoms with Gasteiger partial charge in [-0.2, -0.15) is 0 Å². The highest BCUT2D eigenvalue weighted by Gasteiger charge is 2.40. The van der Waals surface area contributed by atoms with Crippen LogP contribution in [0.5, 0.6) is 5.88 Å². The highest BCUT2D eigenvalue weighted by atomic mass is 19.1. The van der Waals surface area contributed by atoms with E-state index in [0.717, 1.165) is 24.5 Å². The summed E-state index contributed by atoms with van der Waals surface area (Å²) in [6.07, 6.45) is 0.919. The molecule has 4 nitrogen and oxygen atoms in total. The molecule has 2 N–H and O–H groups in total. The predicted molar refractivity (Wildman–Crippen MR) is 89.0 cm³/mol. The molecule has 1 aromatic carbocycles. The van der Waals surface area contributed by atoms with Crippen LogP contribution in [0.15, 0.2) is 24.3 Å². The minimum absolute atomic E-state index is 0.0648. The molecule has 0 saturated carbocycles. The highest BCUT2D eigenvalue weighted by Crippen LogP contribution is 2.42. The average molecular weight is 346 g/mol. The molecule has 0 bridgehead atoms. The molecule has 4 rings (SSSR count). The zero-order chi connectivity index (χ0) is 17.7. The first-order valence-electron chi connectivity index (χ1n) is 8.51. The Morgan fingerprint density at radius 3 is 2.60 bits per heavy atom. The number of nitrogens with two attached hydrogens (primary N) is 1. The molecule has 1 fully saturated rings. The largest absolute Gasteiger partial charge is 0.474 e. The average Bonchev–Trinajstić information content (AvgIpc) is 3.30. The third-order valence-corrected chi connectivity index (χ3v) is 4.83. The molecule has 2 unspecified atom stereocenters. The normalized spacial score (nSPS) is 24.8. The minimum Gasteiger partial charge on any atom is -0.474 e. The lowest BCUT2D eigenvalue weighted by molar-refractivity contribution is 0.120. The maximum absolute atomic E-state index is 14.4. The van der Waals surface area contributed by atoms with Crippen molar-refractivity contribution in [2.45, 2.75) is 45.1 Å². The highest BCUT2D eigenvalue weighted by molar-refractivity contribution is 5.71. The fourth-order valence-corrected chi connectivity index (χ4v) is 3.32. The predicted octanol–water partition coefficient (Wildman–Crippen LogP) is 3.73. The first kappa shape index (κ1) is 16.4. The van der Waals surface area contributed by atoms with Gasteiger partial charge in [-0.15, -0.1) is 0 Å². The summed E-state index contributed by atoms with van der Waals surface area (Å²) in [5.74, 6) is -0.354. The third kappa shape index (κ3) is 3.00. The van der Waals surface area contributed by atoms with Gasteiger partial charge >= 0.3 is 0 Å². The van der Waals surface area contributed by atoms with Gasteiger partial charge in [-0.25, -0.2) is 13.8 Å². The van der Waals surface area contributed by atoms with Crippen LogP contribution in [-0.4, -0.2) is 17.3 Å². The molecule has 0 aliphatic carbocycles. The van der Waals surface area contributed by atoms with E-state index in [0.29, 0.717) is 28.6 Å². The van der Waals surface area contributed by atoms with Gasteiger partial charge in [-0.05, 0) is 42.5 Å². The zero-order valence-corrected chi connectivity index (χ0v) is 14.1. The van der Waals surface area contributed by atoms with E-state index in [9.17, 15) is 8.78 Å². The number of pyridine rings is 1. The lowest BCUT2D eigenvalue weighted by atomic mass is 9.91. The fraction of sp³-hybridized carbons (Fsp3) is 0.421. The number of ether oxygens (including phenoxy) is 2. The summed E-state index contributed by atoms with van der Waals surface area (Å²) in [4.78, 5) is 4.57. The van der Waals surface area contributed by atoms with Crippen LogP contribution in [0.1, 0.15) is 37.6 Å². The maximum atomic E-state index is 14.4. The van der Waals surface area contributed by atoms with E-state index < -0.39 is 17.9 Å². The molecule has 25 heavy (non-hydrogen) atoms. The van der Waals surface area contributed by atoms with E-state index in [1.165, 1.54) is 12.1 Å². The summed E-state index contributed by atoms with van der Waals surface area (Å²) in [6.45, 7) is 4.19. The van der Waals surface area contributed by atoms with Crippen molar-refractivity contribution >= 4 is 0 Å². The van der Waals surface area contributed by atoms with E-state index in [1.807, 2.05) is 0 Å². The van der Waals surface area contributed by atoms with Crippen molar-refractivity contribution in [1.82, 2.24) is 4.98 Å². The number of epoxide rings is 1. The summed E-state index contributed by atoms with van der Waals surface area (Å²) in [7, 11) is 0. The number of nitrogens with zero attached hydrogens (tertiary/aromatic N) is 1. The van der Waals surface area contributed by atoms with E-state index in [2.05, 4.69) is 18.8 Å². The Labute approximate surface area is 145 Å². The topological polar surface area (TPSA) is 60.7 Å². The van der Waals surface area contributed by atoms with E-state index in [1.54, 1.807) is 6.07 Å². The minimum atomic E-state index is -0.605. The van der Waals surface area contributed by atoms with Gasteiger partial charge in [0.1, 0.15) is 30.1 Å². The van der Waals surface area contributed by atoms with Crippen molar-refractivity contribution in [1.29, 1.82) is 0 Å². The number of aromatic nitrogens is 1. The lowest BCUT2D eigenvalue weighted by Gasteiger charge is -2.29. The van der Waals surface area contributed by atoms with Crippen LogP contribution in [-0.2, 0) is 11.2 Å².